The minimum Gasteiger partial charge on any atom is -0.331 e. The minimum absolute atomic E-state index is 0. The van der Waals surface area contributed by atoms with Gasteiger partial charge in [-0.25, -0.2) is 4.98 Å². The van der Waals surface area contributed by atoms with Crippen LogP contribution >= 0.6 is 24.0 Å². The summed E-state index contributed by atoms with van der Waals surface area (Å²) in [7, 11) is 0. The highest BCUT2D eigenvalue weighted by Gasteiger charge is 2.01. The van der Waals surface area contributed by atoms with E-state index in [2.05, 4.69) is 53.9 Å². The van der Waals surface area contributed by atoms with Gasteiger partial charge in [0.1, 0.15) is 5.82 Å². The van der Waals surface area contributed by atoms with Crippen LogP contribution in [0, 0.1) is 6.92 Å². The highest BCUT2D eigenvalue weighted by atomic mass is 127. The van der Waals surface area contributed by atoms with Gasteiger partial charge in [-0.2, -0.15) is 0 Å². The fourth-order valence-corrected chi connectivity index (χ4v) is 4.17. The zero-order chi connectivity index (χ0) is 20.6. The van der Waals surface area contributed by atoms with E-state index in [0.29, 0.717) is 0 Å². The molecule has 0 aliphatic carbocycles. The molecule has 2 rings (SSSR count). The lowest BCUT2D eigenvalue weighted by molar-refractivity contribution is 0.535. The normalized spacial score (nSPS) is 10.9. The Morgan fingerprint density at radius 2 is 1.27 bits per heavy atom. The summed E-state index contributed by atoms with van der Waals surface area (Å²) in [6.45, 7) is 5.29. The smallest absolute Gasteiger partial charge is 0.105 e. The topological polar surface area (TPSA) is 17.8 Å². The molecule has 3 heteroatoms. The van der Waals surface area contributed by atoms with E-state index in [1.807, 2.05) is 6.20 Å². The van der Waals surface area contributed by atoms with Crippen molar-refractivity contribution in [2.75, 3.05) is 0 Å². The van der Waals surface area contributed by atoms with E-state index in [4.69, 9.17) is 0 Å². The van der Waals surface area contributed by atoms with Crippen LogP contribution in [0.3, 0.4) is 0 Å². The summed E-state index contributed by atoms with van der Waals surface area (Å²) in [6, 6.07) is 9.10. The lowest BCUT2D eigenvalue weighted by atomic mass is 10.0. The zero-order valence-electron chi connectivity index (χ0n) is 19.6. The average molecular weight is 525 g/mol. The number of aromatic nitrogens is 2. The van der Waals surface area contributed by atoms with Crippen LogP contribution in [-0.4, -0.2) is 9.55 Å². The predicted molar refractivity (Wildman–Crippen MR) is 142 cm³/mol. The molecule has 1 heterocycles. The lowest BCUT2D eigenvalue weighted by Crippen LogP contribution is -2.01. The number of hydrogen-bond acceptors (Lipinski definition) is 1. The van der Waals surface area contributed by atoms with Crippen molar-refractivity contribution in [1.29, 1.82) is 0 Å². The number of imidazole rings is 1. The first kappa shape index (κ1) is 27.2. The van der Waals surface area contributed by atoms with Gasteiger partial charge in [-0.05, 0) is 30.9 Å². The van der Waals surface area contributed by atoms with Gasteiger partial charge < -0.3 is 4.57 Å². The molecule has 0 saturated carbocycles. The maximum Gasteiger partial charge on any atom is 0.105 e. The van der Waals surface area contributed by atoms with Crippen molar-refractivity contribution in [1.82, 2.24) is 9.55 Å². The van der Waals surface area contributed by atoms with E-state index in [1.54, 1.807) is 0 Å². The zero-order valence-corrected chi connectivity index (χ0v) is 21.9. The second kappa shape index (κ2) is 17.8. The molecule has 0 fully saturated rings. The van der Waals surface area contributed by atoms with Crippen molar-refractivity contribution in [3.05, 3.63) is 53.6 Å². The van der Waals surface area contributed by atoms with E-state index < -0.39 is 0 Å². The molecular formula is C27H45IN2. The number of unbranched alkanes of at least 4 members (excludes halogenated alkanes) is 13. The molecule has 1 aromatic carbocycles. The summed E-state index contributed by atoms with van der Waals surface area (Å²) in [4.78, 5) is 4.32. The molecule has 170 valence electrons. The van der Waals surface area contributed by atoms with Crippen molar-refractivity contribution in [3.8, 4) is 0 Å². The summed E-state index contributed by atoms with van der Waals surface area (Å²) < 4.78 is 2.21. The van der Waals surface area contributed by atoms with Crippen LogP contribution in [0.15, 0.2) is 36.7 Å². The largest absolute Gasteiger partial charge is 0.331 e. The summed E-state index contributed by atoms with van der Waals surface area (Å²) >= 11 is 0. The first-order chi connectivity index (χ1) is 14.3. The molecular weight excluding hydrogens is 479 g/mol. The van der Waals surface area contributed by atoms with Crippen molar-refractivity contribution >= 4 is 24.0 Å². The van der Waals surface area contributed by atoms with Crippen LogP contribution in [0.5, 0.6) is 0 Å². The maximum atomic E-state index is 4.32. The second-order valence-corrected chi connectivity index (χ2v) is 8.77. The standard InChI is InChI=1S/C27H44N2.HI/c1-3-4-5-6-7-8-9-10-11-12-13-14-15-16-18-26-19-17-20-27(23-26)24-29-22-21-28-25(29)2;/h17,19-23H,3-16,18,24H2,1-2H3;1H. The van der Waals surface area contributed by atoms with Crippen molar-refractivity contribution in [2.24, 2.45) is 0 Å². The number of rotatable bonds is 17. The Kier molecular flexibility index (Phi) is 16.1. The number of hydrogen-bond donors (Lipinski definition) is 0. The molecule has 30 heavy (non-hydrogen) atoms. The van der Waals surface area contributed by atoms with Gasteiger partial charge >= 0.3 is 0 Å². The fraction of sp³-hybridized carbons (Fsp3) is 0.667. The van der Waals surface area contributed by atoms with E-state index in [1.165, 1.54) is 107 Å². The third kappa shape index (κ3) is 12.1. The molecule has 0 unspecified atom stereocenters. The molecule has 0 saturated heterocycles. The molecule has 0 amide bonds. The number of nitrogens with zero attached hydrogens (tertiary/aromatic N) is 2. The summed E-state index contributed by atoms with van der Waals surface area (Å²) in [5, 5.41) is 0. The van der Waals surface area contributed by atoms with Gasteiger partial charge in [0.25, 0.3) is 0 Å². The van der Waals surface area contributed by atoms with E-state index in [0.717, 1.165) is 12.4 Å². The van der Waals surface area contributed by atoms with Gasteiger partial charge in [0, 0.05) is 18.9 Å². The van der Waals surface area contributed by atoms with Gasteiger partial charge in [0.05, 0.1) is 0 Å². The molecule has 0 atom stereocenters. The van der Waals surface area contributed by atoms with Crippen LogP contribution in [0.4, 0.5) is 0 Å². The average Bonchev–Trinajstić information content (AvgIpc) is 3.13. The molecule has 0 spiro atoms. The first-order valence-electron chi connectivity index (χ1n) is 12.3. The summed E-state index contributed by atoms with van der Waals surface area (Å²) in [5.74, 6) is 1.09. The molecule has 2 aromatic rings. The van der Waals surface area contributed by atoms with Crippen LogP contribution in [0.25, 0.3) is 0 Å². The SMILES string of the molecule is CCCCCCCCCCCCCCCCc1cccc(Cn2ccnc2C)c1.I. The highest BCUT2D eigenvalue weighted by molar-refractivity contribution is 14.0. The quantitative estimate of drug-likeness (QED) is 0.149. The van der Waals surface area contributed by atoms with Gasteiger partial charge in [-0.15, -0.1) is 24.0 Å². The second-order valence-electron chi connectivity index (χ2n) is 8.77. The molecule has 0 bridgehead atoms. The fourth-order valence-electron chi connectivity index (χ4n) is 4.17. The van der Waals surface area contributed by atoms with Crippen molar-refractivity contribution in [3.63, 3.8) is 0 Å². The molecule has 0 N–H and O–H groups in total. The summed E-state index contributed by atoms with van der Waals surface area (Å²) in [6.07, 6.45) is 25.1. The lowest BCUT2D eigenvalue weighted by Gasteiger charge is -2.08. The molecule has 0 aliphatic heterocycles. The molecule has 0 radical (unpaired) electrons. The Morgan fingerprint density at radius 3 is 1.80 bits per heavy atom. The van der Waals surface area contributed by atoms with Crippen LogP contribution in [0.2, 0.25) is 0 Å². The highest BCUT2D eigenvalue weighted by Crippen LogP contribution is 2.15. The Labute approximate surface area is 203 Å². The van der Waals surface area contributed by atoms with Crippen LogP contribution in [0.1, 0.15) is 114 Å². The van der Waals surface area contributed by atoms with E-state index in [9.17, 15) is 0 Å². The van der Waals surface area contributed by atoms with Gasteiger partial charge in [0.15, 0.2) is 0 Å². The molecule has 2 nitrogen and oxygen atoms in total. The van der Waals surface area contributed by atoms with Gasteiger partial charge in [-0.1, -0.05) is 115 Å². The monoisotopic (exact) mass is 524 g/mol. The Hall–Kier alpha value is -0.840. The third-order valence-corrected chi connectivity index (χ3v) is 6.09. The van der Waals surface area contributed by atoms with E-state index in [-0.39, 0.29) is 24.0 Å². The molecule has 0 aliphatic rings. The number of benzene rings is 1. The Morgan fingerprint density at radius 1 is 0.733 bits per heavy atom. The Bertz CT molecular complexity index is 650. The molecule has 1 aromatic heterocycles. The third-order valence-electron chi connectivity index (χ3n) is 6.09. The van der Waals surface area contributed by atoms with Crippen LogP contribution in [-0.2, 0) is 13.0 Å². The Balaban J connectivity index is 0.00000450. The van der Waals surface area contributed by atoms with Crippen molar-refractivity contribution in [2.45, 2.75) is 117 Å². The number of halogens is 1. The first-order valence-corrected chi connectivity index (χ1v) is 12.3. The predicted octanol–water partition coefficient (Wildman–Crippen LogP) is 8.88. The summed E-state index contributed by atoms with van der Waals surface area (Å²) in [5.41, 5.74) is 2.87. The maximum absolute atomic E-state index is 4.32. The number of aryl methyl sites for hydroxylation is 2. The van der Waals surface area contributed by atoms with Crippen molar-refractivity contribution < 1.29 is 0 Å². The van der Waals surface area contributed by atoms with E-state index >= 15 is 0 Å². The van der Waals surface area contributed by atoms with Gasteiger partial charge in [0.2, 0.25) is 0 Å². The van der Waals surface area contributed by atoms with Crippen LogP contribution < -0.4 is 0 Å². The van der Waals surface area contributed by atoms with Gasteiger partial charge in [-0.3, -0.25) is 0 Å². The minimum atomic E-state index is 0.